The van der Waals surface area contributed by atoms with Crippen LogP contribution in [0.1, 0.15) is 5.56 Å². The van der Waals surface area contributed by atoms with Crippen LogP contribution in [0.2, 0.25) is 0 Å². The van der Waals surface area contributed by atoms with Gasteiger partial charge in [0.1, 0.15) is 0 Å². The van der Waals surface area contributed by atoms with E-state index in [0.29, 0.717) is 6.42 Å². The molecular formula is C11H15N3O3. The molecule has 5 N–H and O–H groups in total. The van der Waals surface area contributed by atoms with Gasteiger partial charge in [0.25, 0.3) is 5.91 Å². The molecule has 6 heteroatoms. The summed E-state index contributed by atoms with van der Waals surface area (Å²) in [6.45, 7) is -0.371. The Morgan fingerprint density at radius 2 is 1.94 bits per heavy atom. The topological polar surface area (TPSA) is 107 Å². The summed E-state index contributed by atoms with van der Waals surface area (Å²) in [6.07, 6.45) is 0.395. The summed E-state index contributed by atoms with van der Waals surface area (Å²) in [5, 5.41) is 0. The Balaban J connectivity index is 2.34. The fraction of sp³-hybridized carbons (Fsp3) is 0.273. The van der Waals surface area contributed by atoms with E-state index in [2.05, 4.69) is 10.3 Å². The van der Waals surface area contributed by atoms with Gasteiger partial charge in [0, 0.05) is 0 Å². The summed E-state index contributed by atoms with van der Waals surface area (Å²) in [5.41, 5.74) is 13.5. The van der Waals surface area contributed by atoms with Crippen LogP contribution in [-0.2, 0) is 20.8 Å². The number of nitrogens with two attached hydrogens (primary N) is 2. The monoisotopic (exact) mass is 237 g/mol. The van der Waals surface area contributed by atoms with Gasteiger partial charge < -0.3 is 11.5 Å². The van der Waals surface area contributed by atoms with Crippen molar-refractivity contribution in [2.45, 2.75) is 12.5 Å². The average Bonchev–Trinajstić information content (AvgIpc) is 2.29. The fourth-order valence-corrected chi connectivity index (χ4v) is 1.21. The minimum absolute atomic E-state index is 0.371. The van der Waals surface area contributed by atoms with Crippen LogP contribution in [0.3, 0.4) is 0 Å². The Labute approximate surface area is 98.9 Å². The number of benzene rings is 1. The Hall–Kier alpha value is -1.92. The summed E-state index contributed by atoms with van der Waals surface area (Å²) < 4.78 is 0. The highest BCUT2D eigenvalue weighted by atomic mass is 16.7. The van der Waals surface area contributed by atoms with Crippen molar-refractivity contribution in [3.8, 4) is 0 Å². The Kier molecular flexibility index (Phi) is 5.12. The smallest absolute Gasteiger partial charge is 0.260 e. The Bertz CT molecular complexity index is 381. The van der Waals surface area contributed by atoms with Gasteiger partial charge in [-0.1, -0.05) is 30.3 Å². The van der Waals surface area contributed by atoms with Gasteiger partial charge >= 0.3 is 0 Å². The molecule has 0 aliphatic rings. The van der Waals surface area contributed by atoms with Crippen molar-refractivity contribution < 1.29 is 14.4 Å². The largest absolute Gasteiger partial charge is 0.368 e. The molecule has 0 aliphatic carbocycles. The van der Waals surface area contributed by atoms with Crippen LogP contribution in [0.25, 0.3) is 0 Å². The molecule has 0 aromatic heterocycles. The Morgan fingerprint density at radius 1 is 1.29 bits per heavy atom. The number of nitrogens with one attached hydrogen (secondary N) is 1. The van der Waals surface area contributed by atoms with E-state index in [1.54, 1.807) is 0 Å². The molecule has 17 heavy (non-hydrogen) atoms. The van der Waals surface area contributed by atoms with Gasteiger partial charge in [-0.05, 0) is 12.0 Å². The van der Waals surface area contributed by atoms with Crippen LogP contribution in [0.4, 0.5) is 0 Å². The van der Waals surface area contributed by atoms with Crippen molar-refractivity contribution in [3.05, 3.63) is 35.9 Å². The first kappa shape index (κ1) is 13.1. The highest BCUT2D eigenvalue weighted by Gasteiger charge is 2.14. The van der Waals surface area contributed by atoms with E-state index in [9.17, 15) is 9.59 Å². The van der Waals surface area contributed by atoms with E-state index in [1.807, 2.05) is 30.3 Å². The third-order valence-corrected chi connectivity index (χ3v) is 2.02. The van der Waals surface area contributed by atoms with Gasteiger partial charge in [-0.15, -0.1) is 0 Å². The molecule has 1 aromatic carbocycles. The van der Waals surface area contributed by atoms with Gasteiger partial charge in [0.2, 0.25) is 5.91 Å². The lowest BCUT2D eigenvalue weighted by molar-refractivity contribution is -0.138. The van der Waals surface area contributed by atoms with Gasteiger partial charge in [-0.2, -0.15) is 0 Å². The van der Waals surface area contributed by atoms with Gasteiger partial charge in [0.05, 0.1) is 6.04 Å². The van der Waals surface area contributed by atoms with E-state index in [-0.39, 0.29) is 6.61 Å². The predicted octanol–water partition coefficient (Wildman–Crippen LogP) is -0.910. The first-order valence-corrected chi connectivity index (χ1v) is 5.09. The van der Waals surface area contributed by atoms with Crippen LogP contribution in [0, 0.1) is 0 Å². The summed E-state index contributed by atoms with van der Waals surface area (Å²) >= 11 is 0. The number of hydroxylamine groups is 1. The Morgan fingerprint density at radius 3 is 2.53 bits per heavy atom. The minimum atomic E-state index is -0.731. The maximum atomic E-state index is 11.4. The second kappa shape index (κ2) is 6.62. The maximum Gasteiger partial charge on any atom is 0.260 e. The lowest BCUT2D eigenvalue weighted by atomic mass is 10.1. The van der Waals surface area contributed by atoms with E-state index >= 15 is 0 Å². The zero-order valence-corrected chi connectivity index (χ0v) is 9.26. The standard InChI is InChI=1S/C11H15N3O3/c12-9(6-8-4-2-1-3-5-8)11(16)14-17-7-10(13)15/h1-5,9H,6-7,12H2,(H2,13,15)(H,14,16)/t9-/m0/s1. The highest BCUT2D eigenvalue weighted by molar-refractivity contribution is 5.81. The molecule has 1 aromatic rings. The summed E-state index contributed by atoms with van der Waals surface area (Å²) in [4.78, 5) is 26.3. The van der Waals surface area contributed by atoms with E-state index in [0.717, 1.165) is 5.56 Å². The lowest BCUT2D eigenvalue weighted by Crippen LogP contribution is -2.43. The minimum Gasteiger partial charge on any atom is -0.368 e. The molecule has 0 saturated heterocycles. The quantitative estimate of drug-likeness (QED) is 0.556. The molecule has 0 heterocycles. The number of primary amides is 1. The summed E-state index contributed by atoms with van der Waals surface area (Å²) in [7, 11) is 0. The zero-order chi connectivity index (χ0) is 12.7. The third-order valence-electron chi connectivity index (χ3n) is 2.02. The second-order valence-corrected chi connectivity index (χ2v) is 3.52. The van der Waals surface area contributed by atoms with Crippen molar-refractivity contribution >= 4 is 11.8 Å². The molecule has 0 spiro atoms. The summed E-state index contributed by atoms with van der Waals surface area (Å²) in [5.74, 6) is -1.16. The van der Waals surface area contributed by atoms with Crippen molar-refractivity contribution in [3.63, 3.8) is 0 Å². The number of amides is 2. The average molecular weight is 237 g/mol. The fourth-order valence-electron chi connectivity index (χ4n) is 1.21. The molecule has 1 rings (SSSR count). The highest BCUT2D eigenvalue weighted by Crippen LogP contribution is 2.01. The first-order valence-electron chi connectivity index (χ1n) is 5.09. The van der Waals surface area contributed by atoms with Crippen molar-refractivity contribution in [1.82, 2.24) is 5.48 Å². The molecular weight excluding hydrogens is 222 g/mol. The molecule has 0 fully saturated rings. The molecule has 0 unspecified atom stereocenters. The van der Waals surface area contributed by atoms with E-state index in [4.69, 9.17) is 11.5 Å². The SMILES string of the molecule is NC(=O)CONC(=O)[C@@H](N)Cc1ccccc1. The van der Waals surface area contributed by atoms with Crippen molar-refractivity contribution in [2.24, 2.45) is 11.5 Å². The lowest BCUT2D eigenvalue weighted by Gasteiger charge is -2.11. The van der Waals surface area contributed by atoms with Gasteiger partial charge in [-0.3, -0.25) is 14.4 Å². The number of hydrogen-bond donors (Lipinski definition) is 3. The second-order valence-electron chi connectivity index (χ2n) is 3.52. The van der Waals surface area contributed by atoms with Crippen molar-refractivity contribution in [1.29, 1.82) is 0 Å². The predicted molar refractivity (Wildman–Crippen MR) is 61.4 cm³/mol. The van der Waals surface area contributed by atoms with Gasteiger partial charge in [-0.25, -0.2) is 5.48 Å². The molecule has 0 bridgehead atoms. The number of rotatable bonds is 6. The molecule has 2 amide bonds. The van der Waals surface area contributed by atoms with Crippen LogP contribution in [0.15, 0.2) is 30.3 Å². The molecule has 1 atom stereocenters. The van der Waals surface area contributed by atoms with Crippen LogP contribution in [0.5, 0.6) is 0 Å². The first-order chi connectivity index (χ1) is 8.09. The van der Waals surface area contributed by atoms with Crippen LogP contribution >= 0.6 is 0 Å². The number of hydrogen-bond acceptors (Lipinski definition) is 4. The summed E-state index contributed by atoms with van der Waals surface area (Å²) in [6, 6.07) is 8.62. The van der Waals surface area contributed by atoms with Crippen molar-refractivity contribution in [2.75, 3.05) is 6.61 Å². The zero-order valence-electron chi connectivity index (χ0n) is 9.26. The van der Waals surface area contributed by atoms with E-state index < -0.39 is 17.9 Å². The third kappa shape index (κ3) is 5.10. The number of carbonyl (C=O) groups is 2. The van der Waals surface area contributed by atoms with Crippen LogP contribution in [-0.4, -0.2) is 24.5 Å². The van der Waals surface area contributed by atoms with E-state index in [1.165, 1.54) is 0 Å². The molecule has 0 aliphatic heterocycles. The molecule has 6 nitrogen and oxygen atoms in total. The molecule has 0 saturated carbocycles. The molecule has 92 valence electrons. The van der Waals surface area contributed by atoms with Crippen LogP contribution < -0.4 is 16.9 Å². The number of carbonyl (C=O) groups excluding carboxylic acids is 2. The normalized spacial score (nSPS) is 11.8. The molecule has 0 radical (unpaired) electrons. The maximum absolute atomic E-state index is 11.4. The van der Waals surface area contributed by atoms with Gasteiger partial charge in [0.15, 0.2) is 6.61 Å².